The molecule has 8 heteroatoms. The third-order valence-corrected chi connectivity index (χ3v) is 6.92. The molecule has 0 fully saturated rings. The van der Waals surface area contributed by atoms with Gasteiger partial charge in [-0.3, -0.25) is 9.36 Å². The Balaban J connectivity index is 1.50. The van der Waals surface area contributed by atoms with Crippen molar-refractivity contribution in [1.82, 2.24) is 20.1 Å². The number of thioether (sulfide) groups is 1. The van der Waals surface area contributed by atoms with Crippen molar-refractivity contribution in [3.05, 3.63) is 88.4 Å². The second-order valence-electron chi connectivity index (χ2n) is 7.27. The predicted molar refractivity (Wildman–Crippen MR) is 127 cm³/mol. The van der Waals surface area contributed by atoms with Crippen LogP contribution in [0.5, 0.6) is 0 Å². The van der Waals surface area contributed by atoms with Crippen LogP contribution in [0.4, 0.5) is 4.39 Å². The number of nitrogens with zero attached hydrogens (tertiary/aromatic N) is 3. The highest BCUT2D eigenvalue weighted by Crippen LogP contribution is 2.28. The Bertz CT molecular complexity index is 1140. The zero-order valence-electron chi connectivity index (χ0n) is 17.6. The van der Waals surface area contributed by atoms with E-state index in [9.17, 15) is 9.18 Å². The summed E-state index contributed by atoms with van der Waals surface area (Å²) in [4.78, 5) is 13.9. The first-order chi connectivity index (χ1) is 15.6. The second kappa shape index (κ2) is 10.6. The van der Waals surface area contributed by atoms with Gasteiger partial charge in [-0.25, -0.2) is 4.39 Å². The summed E-state index contributed by atoms with van der Waals surface area (Å²) in [5, 5.41) is 14.1. The van der Waals surface area contributed by atoms with Gasteiger partial charge in [0.15, 0.2) is 11.0 Å². The van der Waals surface area contributed by atoms with Crippen LogP contribution in [0, 0.1) is 5.82 Å². The van der Waals surface area contributed by atoms with Crippen LogP contribution < -0.4 is 5.32 Å². The molecule has 0 saturated heterocycles. The van der Waals surface area contributed by atoms with Gasteiger partial charge in [-0.05, 0) is 54.6 Å². The van der Waals surface area contributed by atoms with E-state index in [1.54, 1.807) is 23.5 Å². The third-order valence-electron chi connectivity index (χ3n) is 4.90. The Morgan fingerprint density at radius 2 is 1.88 bits per heavy atom. The largest absolute Gasteiger partial charge is 0.355 e. The molecule has 0 saturated carbocycles. The van der Waals surface area contributed by atoms with Crippen LogP contribution in [-0.4, -0.2) is 32.5 Å². The van der Waals surface area contributed by atoms with Crippen LogP contribution in [0.2, 0.25) is 0 Å². The van der Waals surface area contributed by atoms with Crippen molar-refractivity contribution in [3.63, 3.8) is 0 Å². The maximum absolute atomic E-state index is 13.4. The molecule has 1 unspecified atom stereocenters. The highest BCUT2D eigenvalue weighted by molar-refractivity contribution is 8.00. The van der Waals surface area contributed by atoms with Crippen molar-refractivity contribution in [1.29, 1.82) is 0 Å². The van der Waals surface area contributed by atoms with Crippen LogP contribution in [0.15, 0.2) is 77.3 Å². The highest BCUT2D eigenvalue weighted by atomic mass is 32.2. The summed E-state index contributed by atoms with van der Waals surface area (Å²) in [6, 6.07) is 20.3. The number of amides is 1. The lowest BCUT2D eigenvalue weighted by atomic mass is 10.2. The Kier molecular flexibility index (Phi) is 7.34. The molecule has 2 aromatic carbocycles. The molecular formula is C24H23FN4OS2. The van der Waals surface area contributed by atoms with E-state index in [1.165, 1.54) is 28.8 Å². The Labute approximate surface area is 194 Å². The lowest BCUT2D eigenvalue weighted by Gasteiger charge is -2.14. The number of carbonyl (C=O) groups is 1. The molecule has 164 valence electrons. The maximum atomic E-state index is 13.4. The summed E-state index contributed by atoms with van der Waals surface area (Å²) >= 11 is 3.06. The number of hydrogen-bond donors (Lipinski definition) is 1. The van der Waals surface area contributed by atoms with Gasteiger partial charge in [-0.1, -0.05) is 48.2 Å². The van der Waals surface area contributed by atoms with Crippen molar-refractivity contribution in [2.45, 2.75) is 30.3 Å². The molecule has 5 nitrogen and oxygen atoms in total. The van der Waals surface area contributed by atoms with E-state index in [2.05, 4.69) is 21.6 Å². The van der Waals surface area contributed by atoms with Crippen molar-refractivity contribution in [2.75, 3.05) is 6.54 Å². The quantitative estimate of drug-likeness (QED) is 0.351. The molecule has 1 atom stereocenters. The summed E-state index contributed by atoms with van der Waals surface area (Å²) < 4.78 is 15.4. The number of hydrogen-bond acceptors (Lipinski definition) is 5. The molecule has 4 rings (SSSR count). The molecule has 1 amide bonds. The number of carbonyl (C=O) groups excluding carboxylic acids is 1. The topological polar surface area (TPSA) is 59.8 Å². The SMILES string of the molecule is CC(Sc1nnc(-c2ccc(F)cc2)n1Cc1ccccc1)C(=O)NCCc1cccs1. The summed E-state index contributed by atoms with van der Waals surface area (Å²) in [6.07, 6.45) is 0.819. The molecule has 4 aromatic rings. The first kappa shape index (κ1) is 22.2. The van der Waals surface area contributed by atoms with Gasteiger partial charge in [0.1, 0.15) is 5.82 Å². The molecular weight excluding hydrogens is 443 g/mol. The Hall–Kier alpha value is -2.97. The van der Waals surface area contributed by atoms with E-state index >= 15 is 0 Å². The molecule has 2 aromatic heterocycles. The van der Waals surface area contributed by atoms with E-state index in [1.807, 2.05) is 53.3 Å². The zero-order chi connectivity index (χ0) is 22.3. The lowest BCUT2D eigenvalue weighted by molar-refractivity contribution is -0.120. The number of thiophene rings is 1. The van der Waals surface area contributed by atoms with E-state index in [0.29, 0.717) is 24.1 Å². The Morgan fingerprint density at radius 3 is 2.59 bits per heavy atom. The van der Waals surface area contributed by atoms with Gasteiger partial charge in [0.2, 0.25) is 5.91 Å². The van der Waals surface area contributed by atoms with E-state index in [4.69, 9.17) is 0 Å². The molecule has 0 spiro atoms. The standard InChI is InChI=1S/C24H23FN4OS2/c1-17(23(30)26-14-13-21-8-5-15-31-21)32-24-28-27-22(19-9-11-20(25)12-10-19)29(24)16-18-6-3-2-4-7-18/h2-12,15,17H,13-14,16H2,1H3,(H,26,30). The van der Waals surface area contributed by atoms with Gasteiger partial charge in [0.05, 0.1) is 11.8 Å². The molecule has 0 aliphatic heterocycles. The van der Waals surface area contributed by atoms with Gasteiger partial charge in [-0.2, -0.15) is 0 Å². The first-order valence-electron chi connectivity index (χ1n) is 10.3. The average Bonchev–Trinajstić information content (AvgIpc) is 3.46. The van der Waals surface area contributed by atoms with Crippen molar-refractivity contribution < 1.29 is 9.18 Å². The third kappa shape index (κ3) is 5.63. The second-order valence-corrected chi connectivity index (χ2v) is 9.61. The van der Waals surface area contributed by atoms with E-state index in [0.717, 1.165) is 17.5 Å². The fourth-order valence-corrected chi connectivity index (χ4v) is 4.80. The molecule has 1 N–H and O–H groups in total. The van der Waals surface area contributed by atoms with Gasteiger partial charge in [0.25, 0.3) is 0 Å². The minimum absolute atomic E-state index is 0.0378. The number of halogens is 1. The molecule has 2 heterocycles. The molecule has 32 heavy (non-hydrogen) atoms. The summed E-state index contributed by atoms with van der Waals surface area (Å²) in [6.45, 7) is 3.02. The van der Waals surface area contributed by atoms with Crippen LogP contribution in [0.3, 0.4) is 0 Å². The Morgan fingerprint density at radius 1 is 1.09 bits per heavy atom. The van der Waals surface area contributed by atoms with Crippen LogP contribution >= 0.6 is 23.1 Å². The van der Waals surface area contributed by atoms with Crippen LogP contribution in [0.25, 0.3) is 11.4 Å². The van der Waals surface area contributed by atoms with Crippen molar-refractivity contribution in [2.24, 2.45) is 0 Å². The monoisotopic (exact) mass is 466 g/mol. The van der Waals surface area contributed by atoms with Crippen molar-refractivity contribution in [3.8, 4) is 11.4 Å². The normalized spacial score (nSPS) is 11.9. The van der Waals surface area contributed by atoms with Gasteiger partial charge in [-0.15, -0.1) is 21.5 Å². The molecule has 0 aliphatic rings. The van der Waals surface area contributed by atoms with Gasteiger partial charge >= 0.3 is 0 Å². The van der Waals surface area contributed by atoms with Crippen molar-refractivity contribution >= 4 is 29.0 Å². The summed E-state index contributed by atoms with van der Waals surface area (Å²) in [5.74, 6) is 0.302. The van der Waals surface area contributed by atoms with Gasteiger partial charge < -0.3 is 5.32 Å². The number of benzene rings is 2. The zero-order valence-corrected chi connectivity index (χ0v) is 19.2. The van der Waals surface area contributed by atoms with E-state index in [-0.39, 0.29) is 17.0 Å². The number of rotatable bonds is 9. The first-order valence-corrected chi connectivity index (χ1v) is 12.1. The number of aromatic nitrogens is 3. The predicted octanol–water partition coefficient (Wildman–Crippen LogP) is 5.03. The number of nitrogens with one attached hydrogen (secondary N) is 1. The van der Waals surface area contributed by atoms with Crippen LogP contribution in [-0.2, 0) is 17.8 Å². The van der Waals surface area contributed by atoms with Crippen LogP contribution in [0.1, 0.15) is 17.4 Å². The minimum Gasteiger partial charge on any atom is -0.355 e. The van der Waals surface area contributed by atoms with E-state index < -0.39 is 0 Å². The fourth-order valence-electron chi connectivity index (χ4n) is 3.22. The summed E-state index contributed by atoms with van der Waals surface area (Å²) in [7, 11) is 0. The summed E-state index contributed by atoms with van der Waals surface area (Å²) in [5.41, 5.74) is 1.86. The average molecular weight is 467 g/mol. The van der Waals surface area contributed by atoms with Gasteiger partial charge in [0, 0.05) is 17.0 Å². The smallest absolute Gasteiger partial charge is 0.233 e. The minimum atomic E-state index is -0.335. The fraction of sp³-hybridized carbons (Fsp3) is 0.208. The maximum Gasteiger partial charge on any atom is 0.233 e. The molecule has 0 bridgehead atoms. The highest BCUT2D eigenvalue weighted by Gasteiger charge is 2.21. The molecule has 0 aliphatic carbocycles. The lowest BCUT2D eigenvalue weighted by Crippen LogP contribution is -2.32. The molecule has 0 radical (unpaired) electrons.